The number of allylic oxidation sites excluding steroid dienone is 3. The van der Waals surface area contributed by atoms with Crippen molar-refractivity contribution in [2.75, 3.05) is 13.2 Å². The molecule has 13 heteroatoms. The van der Waals surface area contributed by atoms with Crippen LogP contribution < -0.4 is 5.32 Å². The lowest BCUT2D eigenvalue weighted by Gasteiger charge is -2.41. The number of carbonyl (C=O) groups is 1. The molecule has 1 rings (SSSR count). The van der Waals surface area contributed by atoms with Crippen LogP contribution in [0.3, 0.4) is 0 Å². The number of ether oxygens (including phenoxy) is 2. The SMILES string of the molecule is CCCCCCCC/C=C\CCCCCCCCCC(=O)NC(COC1OC(CO)C(O)C(OS(=O)(=O)O)C1O)C(O)/C=C/CCCCCCCCCCCC. The van der Waals surface area contributed by atoms with Gasteiger partial charge in [-0.1, -0.05) is 160 Å². The summed E-state index contributed by atoms with van der Waals surface area (Å²) >= 11 is 0. The molecule has 0 radical (unpaired) electrons. The van der Waals surface area contributed by atoms with Crippen LogP contribution in [0, 0.1) is 0 Å². The summed E-state index contributed by atoms with van der Waals surface area (Å²) in [5, 5.41) is 44.6. The minimum absolute atomic E-state index is 0.264. The molecule has 0 bridgehead atoms. The van der Waals surface area contributed by atoms with Gasteiger partial charge >= 0.3 is 10.4 Å². The second-order valence-electron chi connectivity index (χ2n) is 15.6. The molecule has 7 unspecified atom stereocenters. The Labute approximate surface area is 340 Å². The molecule has 1 aliphatic rings. The lowest BCUT2D eigenvalue weighted by atomic mass is 9.99. The number of aliphatic hydroxyl groups excluding tert-OH is 4. The fraction of sp³-hybridized carbons (Fsp3) is 0.884. The minimum atomic E-state index is -5.08. The number of hydrogen-bond donors (Lipinski definition) is 6. The van der Waals surface area contributed by atoms with Crippen molar-refractivity contribution in [1.29, 1.82) is 0 Å². The molecular weight excluding hydrogens is 739 g/mol. The number of rotatable bonds is 37. The molecule has 1 heterocycles. The fourth-order valence-corrected chi connectivity index (χ4v) is 7.49. The van der Waals surface area contributed by atoms with E-state index in [1.54, 1.807) is 6.08 Å². The molecule has 12 nitrogen and oxygen atoms in total. The maximum atomic E-state index is 13.0. The smallest absolute Gasteiger partial charge is 0.394 e. The zero-order valence-electron chi connectivity index (χ0n) is 35.0. The number of carbonyl (C=O) groups excluding carboxylic acids is 1. The number of hydrogen-bond acceptors (Lipinski definition) is 10. The maximum absolute atomic E-state index is 13.0. The van der Waals surface area contributed by atoms with Crippen LogP contribution >= 0.6 is 0 Å². The lowest BCUT2D eigenvalue weighted by molar-refractivity contribution is -0.298. The summed E-state index contributed by atoms with van der Waals surface area (Å²) in [6, 6.07) is -0.942. The second kappa shape index (κ2) is 34.4. The predicted octanol–water partition coefficient (Wildman–Crippen LogP) is 8.16. The van der Waals surface area contributed by atoms with Gasteiger partial charge in [0.2, 0.25) is 5.91 Å². The zero-order valence-corrected chi connectivity index (χ0v) is 35.8. The van der Waals surface area contributed by atoms with Gasteiger partial charge in [0.05, 0.1) is 25.4 Å². The third kappa shape index (κ3) is 27.3. The van der Waals surface area contributed by atoms with Crippen LogP contribution in [0.1, 0.15) is 187 Å². The normalized spacial score (nSPS) is 21.6. The third-order valence-electron chi connectivity index (χ3n) is 10.5. The van der Waals surface area contributed by atoms with E-state index in [1.165, 1.54) is 116 Å². The van der Waals surface area contributed by atoms with E-state index in [4.69, 9.17) is 14.0 Å². The van der Waals surface area contributed by atoms with Gasteiger partial charge in [0.25, 0.3) is 0 Å². The largest absolute Gasteiger partial charge is 0.397 e. The zero-order chi connectivity index (χ0) is 41.3. The van der Waals surface area contributed by atoms with Gasteiger partial charge in [0, 0.05) is 6.42 Å². The van der Waals surface area contributed by atoms with Crippen LogP contribution in [-0.2, 0) is 28.9 Å². The topological polar surface area (TPSA) is 192 Å². The Kier molecular flexibility index (Phi) is 32.4. The van der Waals surface area contributed by atoms with Gasteiger partial charge in [-0.3, -0.25) is 9.35 Å². The number of aliphatic hydroxyl groups is 4. The maximum Gasteiger partial charge on any atom is 0.397 e. The first-order valence-corrected chi connectivity index (χ1v) is 23.6. The molecule has 7 atom stereocenters. The standard InChI is InChI=1S/C43H81NO11S/c1-3-5-7-9-11-13-15-17-18-19-20-21-23-25-27-29-31-33-39(47)44-36(37(46)32-30-28-26-24-22-16-14-12-10-8-6-4-2)35-53-43-41(49)42(55-56(50,51)52)40(48)38(34-45)54-43/h17-18,30,32,36-38,40-43,45-46,48-49H,3-16,19-29,31,33-35H2,1-2H3,(H,44,47)(H,50,51,52)/b18-17-,32-30+. The molecule has 0 saturated carbocycles. The molecule has 0 aromatic rings. The first kappa shape index (κ1) is 52.6. The van der Waals surface area contributed by atoms with Crippen molar-refractivity contribution in [1.82, 2.24) is 5.32 Å². The highest BCUT2D eigenvalue weighted by Crippen LogP contribution is 2.26. The van der Waals surface area contributed by atoms with Crippen LogP contribution in [0.2, 0.25) is 0 Å². The van der Waals surface area contributed by atoms with E-state index in [-0.39, 0.29) is 18.9 Å². The summed E-state index contributed by atoms with van der Waals surface area (Å²) < 4.78 is 47.5. The fourth-order valence-electron chi connectivity index (χ4n) is 6.98. The highest BCUT2D eigenvalue weighted by atomic mass is 32.3. The molecule has 1 amide bonds. The van der Waals surface area contributed by atoms with Gasteiger partial charge in [0.15, 0.2) is 6.29 Å². The van der Waals surface area contributed by atoms with Gasteiger partial charge in [-0.25, -0.2) is 4.18 Å². The Morgan fingerprint density at radius 3 is 1.61 bits per heavy atom. The Bertz CT molecular complexity index is 1110. The number of unbranched alkanes of at least 4 members (excludes halogenated alkanes) is 23. The molecule has 0 aromatic carbocycles. The van der Waals surface area contributed by atoms with Gasteiger partial charge in [-0.05, 0) is 44.9 Å². The Morgan fingerprint density at radius 2 is 1.14 bits per heavy atom. The number of nitrogens with one attached hydrogen (secondary N) is 1. The van der Waals surface area contributed by atoms with E-state index in [1.807, 2.05) is 6.08 Å². The van der Waals surface area contributed by atoms with Crippen molar-refractivity contribution < 1.29 is 51.8 Å². The summed E-state index contributed by atoms with van der Waals surface area (Å²) in [5.74, 6) is -0.269. The summed E-state index contributed by atoms with van der Waals surface area (Å²) in [6.45, 7) is 3.36. The highest BCUT2D eigenvalue weighted by Gasteiger charge is 2.48. The molecule has 1 saturated heterocycles. The van der Waals surface area contributed by atoms with Crippen LogP contribution in [0.4, 0.5) is 0 Å². The number of amides is 1. The first-order valence-electron chi connectivity index (χ1n) is 22.2. The van der Waals surface area contributed by atoms with Gasteiger partial charge in [0.1, 0.15) is 24.4 Å². The molecule has 0 aliphatic carbocycles. The van der Waals surface area contributed by atoms with Gasteiger partial charge in [-0.2, -0.15) is 8.42 Å². The van der Waals surface area contributed by atoms with Gasteiger partial charge in [-0.15, -0.1) is 0 Å². The first-order chi connectivity index (χ1) is 27.0. The summed E-state index contributed by atoms with van der Waals surface area (Å²) in [4.78, 5) is 13.0. The molecular formula is C43H81NO11S. The molecule has 1 fully saturated rings. The van der Waals surface area contributed by atoms with Crippen molar-refractivity contribution in [3.63, 3.8) is 0 Å². The van der Waals surface area contributed by atoms with Crippen molar-refractivity contribution in [3.05, 3.63) is 24.3 Å². The summed E-state index contributed by atoms with van der Waals surface area (Å²) in [5.41, 5.74) is 0. The van der Waals surface area contributed by atoms with Crippen molar-refractivity contribution >= 4 is 16.3 Å². The predicted molar refractivity (Wildman–Crippen MR) is 222 cm³/mol. The lowest BCUT2D eigenvalue weighted by Crippen LogP contribution is -2.61. The third-order valence-corrected chi connectivity index (χ3v) is 10.9. The molecule has 6 N–H and O–H groups in total. The average Bonchev–Trinajstić information content (AvgIpc) is 3.16. The van der Waals surface area contributed by atoms with E-state index in [0.29, 0.717) is 6.42 Å². The van der Waals surface area contributed by atoms with E-state index in [0.717, 1.165) is 44.9 Å². The molecule has 330 valence electrons. The van der Waals surface area contributed by atoms with E-state index < -0.39 is 59.9 Å². The van der Waals surface area contributed by atoms with Crippen LogP contribution in [0.15, 0.2) is 24.3 Å². The van der Waals surface area contributed by atoms with Crippen LogP contribution in [-0.4, -0.2) is 95.4 Å². The highest BCUT2D eigenvalue weighted by molar-refractivity contribution is 7.80. The second-order valence-corrected chi connectivity index (χ2v) is 16.7. The summed E-state index contributed by atoms with van der Waals surface area (Å²) in [6.07, 6.45) is 29.3. The minimum Gasteiger partial charge on any atom is -0.394 e. The molecule has 0 aromatic heterocycles. The molecule has 56 heavy (non-hydrogen) atoms. The van der Waals surface area contributed by atoms with E-state index in [9.17, 15) is 33.6 Å². The Morgan fingerprint density at radius 1 is 0.696 bits per heavy atom. The van der Waals surface area contributed by atoms with Crippen molar-refractivity contribution in [2.24, 2.45) is 0 Å². The van der Waals surface area contributed by atoms with Crippen LogP contribution in [0.5, 0.6) is 0 Å². The van der Waals surface area contributed by atoms with Gasteiger partial charge < -0.3 is 35.2 Å². The molecule has 1 aliphatic heterocycles. The van der Waals surface area contributed by atoms with Crippen molar-refractivity contribution in [3.8, 4) is 0 Å². The summed E-state index contributed by atoms with van der Waals surface area (Å²) in [7, 11) is -5.08. The van der Waals surface area contributed by atoms with Crippen LogP contribution in [0.25, 0.3) is 0 Å². The van der Waals surface area contributed by atoms with Crippen molar-refractivity contribution in [2.45, 2.75) is 230 Å². The van der Waals surface area contributed by atoms with E-state index in [2.05, 4.69) is 35.5 Å². The molecule has 0 spiro atoms. The Hall–Kier alpha value is -1.42. The quantitative estimate of drug-likeness (QED) is 0.0201. The Balaban J connectivity index is 2.54. The van der Waals surface area contributed by atoms with E-state index >= 15 is 0 Å². The monoisotopic (exact) mass is 820 g/mol. The average molecular weight is 820 g/mol.